The summed E-state index contributed by atoms with van der Waals surface area (Å²) in [4.78, 5) is 39.9. The number of rotatable bonds is 7. The lowest BCUT2D eigenvalue weighted by atomic mass is 9.79. The Hall–Kier alpha value is -4.62. The molecule has 4 aromatic rings. The number of nitrogens with zero attached hydrogens (tertiary/aromatic N) is 5. The van der Waals surface area contributed by atoms with E-state index in [1.165, 1.54) is 4.90 Å². The minimum atomic E-state index is -4.84. The number of imidazole rings is 1. The van der Waals surface area contributed by atoms with Gasteiger partial charge in [-0.05, 0) is 61.7 Å². The van der Waals surface area contributed by atoms with Crippen molar-refractivity contribution in [2.24, 2.45) is 0 Å². The number of likely N-dealkylation sites (tertiary alicyclic amines) is 2. The Bertz CT molecular complexity index is 1790. The zero-order chi connectivity index (χ0) is 34.3. The molecule has 14 heteroatoms. The highest BCUT2D eigenvalue weighted by atomic mass is 19.4. The average molecular weight is 674 g/mol. The number of para-hydroxylation sites is 2. The van der Waals surface area contributed by atoms with E-state index in [4.69, 9.17) is 4.74 Å². The van der Waals surface area contributed by atoms with Gasteiger partial charge in [-0.25, -0.2) is 4.98 Å². The van der Waals surface area contributed by atoms with Crippen LogP contribution in [0.25, 0.3) is 11.0 Å². The smallest absolute Gasteiger partial charge is 0.417 e. The van der Waals surface area contributed by atoms with Crippen LogP contribution >= 0.6 is 0 Å². The number of ether oxygens (including phenoxy) is 1. The maximum absolute atomic E-state index is 14.8. The van der Waals surface area contributed by atoms with E-state index in [-0.39, 0.29) is 44.1 Å². The quantitative estimate of drug-likeness (QED) is 0.195. The number of carbonyl (C=O) groups is 2. The number of fused-ring (bicyclic) bond motifs is 1. The van der Waals surface area contributed by atoms with Gasteiger partial charge in [0.15, 0.2) is 0 Å². The number of hydrogen-bond acceptors (Lipinski definition) is 5. The monoisotopic (exact) mass is 673 g/mol. The first-order chi connectivity index (χ1) is 22.8. The molecule has 48 heavy (non-hydrogen) atoms. The first-order valence-corrected chi connectivity index (χ1v) is 15.7. The minimum absolute atomic E-state index is 0.0274. The van der Waals surface area contributed by atoms with Gasteiger partial charge in [0.1, 0.15) is 5.75 Å². The molecular weight excluding hydrogens is 640 g/mol. The van der Waals surface area contributed by atoms with Crippen molar-refractivity contribution in [3.05, 3.63) is 90.0 Å². The number of piperidine rings is 1. The maximum atomic E-state index is 14.8. The zero-order valence-electron chi connectivity index (χ0n) is 26.0. The first-order valence-electron chi connectivity index (χ1n) is 15.7. The van der Waals surface area contributed by atoms with Crippen molar-refractivity contribution in [2.75, 3.05) is 19.6 Å². The molecule has 6 rings (SSSR count). The standard InChI is InChI=1S/C34H33F6N5O3/c1-2-6-29-32(48-24-11-9-22(10-12-24)33(35,36)37,15-5-17-44(29)30(46)25-19-41-16-13-26(25)34(38,39)40)31(47)43-18-14-23(20-43)45-21-42-27-7-3-4-8-28(27)45/h3-4,7-13,16,19,21,23,29H,2,5-6,14-15,17-18,20H2,1H3/t23?,29-,32+/m1/s1. The van der Waals surface area contributed by atoms with Crippen LogP contribution in [0.15, 0.2) is 73.3 Å². The van der Waals surface area contributed by atoms with Crippen molar-refractivity contribution in [1.82, 2.24) is 24.3 Å². The van der Waals surface area contributed by atoms with E-state index in [0.29, 0.717) is 19.4 Å². The van der Waals surface area contributed by atoms with E-state index >= 15 is 0 Å². The van der Waals surface area contributed by atoms with Gasteiger partial charge in [-0.1, -0.05) is 25.5 Å². The van der Waals surface area contributed by atoms with Gasteiger partial charge in [-0.2, -0.15) is 26.3 Å². The molecule has 2 aliphatic heterocycles. The minimum Gasteiger partial charge on any atom is -0.475 e. The Morgan fingerprint density at radius 2 is 1.73 bits per heavy atom. The third-order valence-electron chi connectivity index (χ3n) is 9.21. The van der Waals surface area contributed by atoms with Gasteiger partial charge in [-0.3, -0.25) is 14.6 Å². The van der Waals surface area contributed by atoms with E-state index < -0.39 is 52.5 Å². The second kappa shape index (κ2) is 12.8. The average Bonchev–Trinajstić information content (AvgIpc) is 3.72. The number of hydrogen-bond donors (Lipinski definition) is 0. The fraction of sp³-hybridized carbons (Fsp3) is 0.412. The van der Waals surface area contributed by atoms with Crippen LogP contribution in [-0.4, -0.2) is 67.4 Å². The topological polar surface area (TPSA) is 80.6 Å². The van der Waals surface area contributed by atoms with Crippen LogP contribution in [0.4, 0.5) is 26.3 Å². The summed E-state index contributed by atoms with van der Waals surface area (Å²) in [6.45, 7) is 2.45. The summed E-state index contributed by atoms with van der Waals surface area (Å²) in [7, 11) is 0. The maximum Gasteiger partial charge on any atom is 0.417 e. The molecule has 8 nitrogen and oxygen atoms in total. The van der Waals surface area contributed by atoms with Crippen LogP contribution in [0.5, 0.6) is 5.75 Å². The van der Waals surface area contributed by atoms with Crippen LogP contribution in [-0.2, 0) is 17.1 Å². The molecule has 254 valence electrons. The Labute approximate surface area is 272 Å². The molecule has 4 heterocycles. The highest BCUT2D eigenvalue weighted by molar-refractivity contribution is 5.97. The van der Waals surface area contributed by atoms with Crippen molar-refractivity contribution in [1.29, 1.82) is 0 Å². The molecule has 1 unspecified atom stereocenters. The summed E-state index contributed by atoms with van der Waals surface area (Å²) in [6.07, 6.45) is -4.43. The lowest BCUT2D eigenvalue weighted by Crippen LogP contribution is -2.67. The molecule has 2 aliphatic rings. The van der Waals surface area contributed by atoms with E-state index in [1.54, 1.807) is 11.2 Å². The Kier molecular flexibility index (Phi) is 8.86. The molecule has 2 amide bonds. The van der Waals surface area contributed by atoms with Crippen molar-refractivity contribution >= 4 is 22.8 Å². The molecule has 3 atom stereocenters. The normalized spacial score (nSPS) is 21.9. The van der Waals surface area contributed by atoms with Crippen LogP contribution in [0.1, 0.15) is 66.6 Å². The Morgan fingerprint density at radius 1 is 0.979 bits per heavy atom. The van der Waals surface area contributed by atoms with Gasteiger partial charge in [-0.15, -0.1) is 0 Å². The number of alkyl halides is 6. The third kappa shape index (κ3) is 6.19. The van der Waals surface area contributed by atoms with Crippen molar-refractivity contribution in [3.8, 4) is 5.75 Å². The third-order valence-corrected chi connectivity index (χ3v) is 9.21. The summed E-state index contributed by atoms with van der Waals surface area (Å²) < 4.78 is 90.6. The van der Waals surface area contributed by atoms with Crippen LogP contribution in [0, 0.1) is 0 Å². The van der Waals surface area contributed by atoms with Gasteiger partial charge < -0.3 is 19.1 Å². The fourth-order valence-electron chi connectivity index (χ4n) is 6.98. The molecule has 2 aromatic carbocycles. The number of amides is 2. The number of carbonyl (C=O) groups excluding carboxylic acids is 2. The molecule has 2 aromatic heterocycles. The number of benzene rings is 2. The van der Waals surface area contributed by atoms with Crippen LogP contribution in [0.3, 0.4) is 0 Å². The van der Waals surface area contributed by atoms with Gasteiger partial charge in [0.05, 0.1) is 46.1 Å². The number of halogens is 6. The molecule has 0 N–H and O–H groups in total. The zero-order valence-corrected chi connectivity index (χ0v) is 26.0. The van der Waals surface area contributed by atoms with Crippen molar-refractivity contribution < 1.29 is 40.7 Å². The summed E-state index contributed by atoms with van der Waals surface area (Å²) in [5.41, 5.74) is -2.83. The predicted octanol–water partition coefficient (Wildman–Crippen LogP) is 7.17. The highest BCUT2D eigenvalue weighted by Crippen LogP contribution is 2.41. The van der Waals surface area contributed by atoms with Gasteiger partial charge in [0, 0.05) is 38.4 Å². The fourth-order valence-corrected chi connectivity index (χ4v) is 6.98. The van der Waals surface area contributed by atoms with E-state index in [9.17, 15) is 35.9 Å². The van der Waals surface area contributed by atoms with Crippen molar-refractivity contribution in [3.63, 3.8) is 0 Å². The number of pyridine rings is 1. The molecule has 0 bridgehead atoms. The lowest BCUT2D eigenvalue weighted by molar-refractivity contribution is -0.158. The van der Waals surface area contributed by atoms with Gasteiger partial charge >= 0.3 is 12.4 Å². The van der Waals surface area contributed by atoms with E-state index in [0.717, 1.165) is 53.8 Å². The van der Waals surface area contributed by atoms with Gasteiger partial charge in [0.2, 0.25) is 5.60 Å². The molecule has 0 radical (unpaired) electrons. The molecule has 2 saturated heterocycles. The second-order valence-electron chi connectivity index (χ2n) is 12.2. The van der Waals surface area contributed by atoms with E-state index in [2.05, 4.69) is 9.97 Å². The second-order valence-corrected chi connectivity index (χ2v) is 12.2. The van der Waals surface area contributed by atoms with Gasteiger partial charge in [0.25, 0.3) is 11.8 Å². The molecule has 0 spiro atoms. The predicted molar refractivity (Wildman–Crippen MR) is 163 cm³/mol. The van der Waals surface area contributed by atoms with Crippen LogP contribution < -0.4 is 4.74 Å². The molecule has 0 aliphatic carbocycles. The van der Waals surface area contributed by atoms with Crippen molar-refractivity contribution in [2.45, 2.75) is 69.1 Å². The SMILES string of the molecule is CCC[C@H]1N(C(=O)c2cnccc2C(F)(F)F)CCC[C@@]1(Oc1ccc(C(F)(F)F)cc1)C(=O)N1CCC(n2cnc3ccccc32)C1. The first kappa shape index (κ1) is 33.3. The lowest BCUT2D eigenvalue weighted by Gasteiger charge is -2.49. The Morgan fingerprint density at radius 3 is 2.44 bits per heavy atom. The number of aromatic nitrogens is 3. The van der Waals surface area contributed by atoms with Crippen LogP contribution in [0.2, 0.25) is 0 Å². The summed E-state index contributed by atoms with van der Waals surface area (Å²) in [5.74, 6) is -1.46. The highest BCUT2D eigenvalue weighted by Gasteiger charge is 2.56. The van der Waals surface area contributed by atoms with E-state index in [1.807, 2.05) is 35.8 Å². The summed E-state index contributed by atoms with van der Waals surface area (Å²) in [6, 6.07) is 11.1. The largest absolute Gasteiger partial charge is 0.475 e. The summed E-state index contributed by atoms with van der Waals surface area (Å²) >= 11 is 0. The summed E-state index contributed by atoms with van der Waals surface area (Å²) in [5, 5.41) is 0. The molecule has 0 saturated carbocycles. The molecular formula is C34H33F6N5O3. The molecule has 2 fully saturated rings. The Balaban J connectivity index is 1.39.